The summed E-state index contributed by atoms with van der Waals surface area (Å²) in [4.78, 5) is 25.4. The number of anilines is 3. The predicted molar refractivity (Wildman–Crippen MR) is 111 cm³/mol. The van der Waals surface area contributed by atoms with E-state index in [2.05, 4.69) is 20.6 Å². The summed E-state index contributed by atoms with van der Waals surface area (Å²) in [7, 11) is 1.85. The number of benzene rings is 1. The van der Waals surface area contributed by atoms with Crippen LogP contribution < -0.4 is 15.5 Å². The molecule has 2 aliphatic heterocycles. The average Bonchev–Trinajstić information content (AvgIpc) is 2.65. The minimum atomic E-state index is -1.45. The molecule has 1 saturated heterocycles. The van der Waals surface area contributed by atoms with Crippen LogP contribution in [0.3, 0.4) is 0 Å². The van der Waals surface area contributed by atoms with E-state index in [-0.39, 0.29) is 23.9 Å². The first-order chi connectivity index (χ1) is 14.6. The number of nitrogens with one attached hydrogen (secondary N) is 2. The standard InChI is InChI=1S/C21H25F3N6O/c1-10(2)18-20(31)27-17-11(3)25-21(28-19(17)29(18)4)26-13-8-30(9-13)7-12-5-14(22)16(24)15(23)6-12/h5-6,10,13,18H,7-9H2,1-4H3,(H,27,31)(H,25,26,28). The lowest BCUT2D eigenvalue weighted by Gasteiger charge is -2.40. The SMILES string of the molecule is Cc1nc(NC2CN(Cc3cc(F)c(F)c(F)c3)C2)nc2c1NC(=O)C(C(C)C)N2C. The zero-order valence-corrected chi connectivity index (χ0v) is 17.8. The smallest absolute Gasteiger partial charge is 0.247 e. The molecule has 1 aromatic carbocycles. The average molecular weight is 434 g/mol. The molecular weight excluding hydrogens is 409 g/mol. The second-order valence-electron chi connectivity index (χ2n) is 8.53. The van der Waals surface area contributed by atoms with Crippen LogP contribution in [-0.2, 0) is 11.3 Å². The molecule has 3 heterocycles. The molecule has 0 aliphatic carbocycles. The van der Waals surface area contributed by atoms with Gasteiger partial charge in [0.05, 0.1) is 11.7 Å². The van der Waals surface area contributed by atoms with Gasteiger partial charge in [0.25, 0.3) is 0 Å². The van der Waals surface area contributed by atoms with Crippen molar-refractivity contribution in [3.8, 4) is 0 Å². The van der Waals surface area contributed by atoms with Crippen LogP contribution in [0, 0.1) is 30.3 Å². The Morgan fingerprint density at radius 3 is 2.45 bits per heavy atom. The van der Waals surface area contributed by atoms with E-state index in [1.165, 1.54) is 0 Å². The number of hydrogen-bond acceptors (Lipinski definition) is 6. The topological polar surface area (TPSA) is 73.4 Å². The lowest BCUT2D eigenvalue weighted by atomic mass is 9.99. The van der Waals surface area contributed by atoms with Crippen molar-refractivity contribution in [2.45, 2.75) is 39.4 Å². The highest BCUT2D eigenvalue weighted by Crippen LogP contribution is 2.34. The minimum Gasteiger partial charge on any atom is -0.349 e. The maximum Gasteiger partial charge on any atom is 0.247 e. The summed E-state index contributed by atoms with van der Waals surface area (Å²) in [6, 6.07) is 1.79. The van der Waals surface area contributed by atoms with Crippen LogP contribution in [0.2, 0.25) is 0 Å². The maximum absolute atomic E-state index is 13.4. The fraction of sp³-hybridized carbons (Fsp3) is 0.476. The number of carbonyl (C=O) groups excluding carboxylic acids is 1. The lowest BCUT2D eigenvalue weighted by Crippen LogP contribution is -2.54. The van der Waals surface area contributed by atoms with Crippen molar-refractivity contribution < 1.29 is 18.0 Å². The predicted octanol–water partition coefficient (Wildman–Crippen LogP) is 2.91. The molecule has 0 bridgehead atoms. The molecule has 2 aliphatic rings. The van der Waals surface area contributed by atoms with Gasteiger partial charge >= 0.3 is 0 Å². The first-order valence-electron chi connectivity index (χ1n) is 10.2. The van der Waals surface area contributed by atoms with Gasteiger partial charge in [0.1, 0.15) is 11.7 Å². The van der Waals surface area contributed by atoms with E-state index in [0.717, 1.165) is 12.1 Å². The number of rotatable bonds is 5. The van der Waals surface area contributed by atoms with Crippen molar-refractivity contribution in [2.24, 2.45) is 5.92 Å². The summed E-state index contributed by atoms with van der Waals surface area (Å²) in [6.45, 7) is 7.37. The number of amides is 1. The number of likely N-dealkylation sites (N-methyl/N-ethyl adjacent to an activating group) is 1. The van der Waals surface area contributed by atoms with Crippen molar-refractivity contribution in [2.75, 3.05) is 35.7 Å². The fourth-order valence-electron chi connectivity index (χ4n) is 4.21. The summed E-state index contributed by atoms with van der Waals surface area (Å²) >= 11 is 0. The molecule has 1 atom stereocenters. The second kappa shape index (κ2) is 7.99. The number of halogens is 3. The third-order valence-electron chi connectivity index (χ3n) is 5.71. The molecule has 1 unspecified atom stereocenters. The van der Waals surface area contributed by atoms with Gasteiger partial charge in [-0.2, -0.15) is 4.98 Å². The molecule has 31 heavy (non-hydrogen) atoms. The molecule has 4 rings (SSSR count). The number of hydrogen-bond donors (Lipinski definition) is 2. The number of aryl methyl sites for hydroxylation is 1. The minimum absolute atomic E-state index is 0.0666. The van der Waals surface area contributed by atoms with Crippen molar-refractivity contribution in [3.63, 3.8) is 0 Å². The number of aromatic nitrogens is 2. The number of fused-ring (bicyclic) bond motifs is 1. The molecule has 166 valence electrons. The van der Waals surface area contributed by atoms with Crippen LogP contribution in [0.1, 0.15) is 25.1 Å². The lowest BCUT2D eigenvalue weighted by molar-refractivity contribution is -0.118. The van der Waals surface area contributed by atoms with Crippen molar-refractivity contribution in [1.29, 1.82) is 0 Å². The molecule has 0 saturated carbocycles. The van der Waals surface area contributed by atoms with Crippen LogP contribution in [-0.4, -0.2) is 53.0 Å². The summed E-state index contributed by atoms with van der Waals surface area (Å²) in [5.74, 6) is -2.63. The largest absolute Gasteiger partial charge is 0.349 e. The van der Waals surface area contributed by atoms with Gasteiger partial charge in [0, 0.05) is 26.7 Å². The van der Waals surface area contributed by atoms with Gasteiger partial charge in [-0.3, -0.25) is 9.69 Å². The summed E-state index contributed by atoms with van der Waals surface area (Å²) < 4.78 is 39.9. The summed E-state index contributed by atoms with van der Waals surface area (Å²) in [5, 5.41) is 6.20. The Hall–Kier alpha value is -2.88. The van der Waals surface area contributed by atoms with E-state index in [4.69, 9.17) is 0 Å². The van der Waals surface area contributed by atoms with E-state index in [9.17, 15) is 18.0 Å². The van der Waals surface area contributed by atoms with Gasteiger partial charge in [-0.05, 0) is 30.5 Å². The van der Waals surface area contributed by atoms with Crippen LogP contribution >= 0.6 is 0 Å². The maximum atomic E-state index is 13.4. The van der Waals surface area contributed by atoms with E-state index >= 15 is 0 Å². The normalized spacial score (nSPS) is 19.3. The Balaban J connectivity index is 1.42. The first kappa shape index (κ1) is 21.4. The van der Waals surface area contributed by atoms with Crippen LogP contribution in [0.15, 0.2) is 12.1 Å². The van der Waals surface area contributed by atoms with Gasteiger partial charge in [-0.1, -0.05) is 13.8 Å². The Morgan fingerprint density at radius 1 is 1.19 bits per heavy atom. The first-order valence-corrected chi connectivity index (χ1v) is 10.2. The molecule has 0 radical (unpaired) electrons. The highest BCUT2D eigenvalue weighted by Gasteiger charge is 2.36. The Labute approximate surface area is 178 Å². The molecule has 7 nitrogen and oxygen atoms in total. The molecule has 1 aromatic heterocycles. The van der Waals surface area contributed by atoms with Gasteiger partial charge in [-0.25, -0.2) is 18.2 Å². The highest BCUT2D eigenvalue weighted by molar-refractivity contribution is 6.03. The van der Waals surface area contributed by atoms with E-state index in [1.54, 1.807) is 0 Å². The van der Waals surface area contributed by atoms with E-state index in [1.807, 2.05) is 37.6 Å². The van der Waals surface area contributed by atoms with Crippen molar-refractivity contribution in [1.82, 2.24) is 14.9 Å². The fourth-order valence-corrected chi connectivity index (χ4v) is 4.21. The van der Waals surface area contributed by atoms with Crippen molar-refractivity contribution in [3.05, 3.63) is 40.8 Å². The summed E-state index contributed by atoms with van der Waals surface area (Å²) in [6.07, 6.45) is 0. The molecule has 2 aromatic rings. The molecular formula is C21H25F3N6O. The van der Waals surface area contributed by atoms with Crippen molar-refractivity contribution >= 4 is 23.4 Å². The van der Waals surface area contributed by atoms with E-state index < -0.39 is 17.5 Å². The third-order valence-corrected chi connectivity index (χ3v) is 5.71. The van der Waals surface area contributed by atoms with E-state index in [0.29, 0.717) is 48.3 Å². The molecule has 1 fully saturated rings. The Kier molecular flexibility index (Phi) is 5.50. The van der Waals surface area contributed by atoms with Crippen LogP contribution in [0.25, 0.3) is 0 Å². The number of nitrogens with zero attached hydrogens (tertiary/aromatic N) is 4. The summed E-state index contributed by atoms with van der Waals surface area (Å²) in [5.41, 5.74) is 1.67. The molecule has 1 amide bonds. The Morgan fingerprint density at radius 2 is 1.84 bits per heavy atom. The highest BCUT2D eigenvalue weighted by atomic mass is 19.2. The molecule has 10 heteroatoms. The third kappa shape index (κ3) is 4.04. The number of likely N-dealkylation sites (tertiary alicyclic amines) is 1. The van der Waals surface area contributed by atoms with Gasteiger partial charge in [-0.15, -0.1) is 0 Å². The zero-order valence-electron chi connectivity index (χ0n) is 17.8. The number of carbonyl (C=O) groups is 1. The second-order valence-corrected chi connectivity index (χ2v) is 8.53. The zero-order chi connectivity index (χ0) is 22.4. The van der Waals surface area contributed by atoms with Gasteiger partial charge < -0.3 is 15.5 Å². The van der Waals surface area contributed by atoms with Gasteiger partial charge in [0.15, 0.2) is 23.3 Å². The quantitative estimate of drug-likeness (QED) is 0.705. The molecule has 0 spiro atoms. The van der Waals surface area contributed by atoms with Crippen LogP contribution in [0.5, 0.6) is 0 Å². The van der Waals surface area contributed by atoms with Gasteiger partial charge in [0.2, 0.25) is 11.9 Å². The molecule has 2 N–H and O–H groups in total. The monoisotopic (exact) mass is 434 g/mol. The Bertz CT molecular complexity index is 1000. The van der Waals surface area contributed by atoms with Crippen LogP contribution in [0.4, 0.5) is 30.6 Å².